The molecule has 0 aromatic rings. The van der Waals surface area contributed by atoms with Crippen LogP contribution in [0.4, 0.5) is 0 Å². The molecule has 0 radical (unpaired) electrons. The van der Waals surface area contributed by atoms with Crippen LogP contribution in [0.2, 0.25) is 0 Å². The van der Waals surface area contributed by atoms with E-state index >= 15 is 0 Å². The van der Waals surface area contributed by atoms with Gasteiger partial charge in [-0.2, -0.15) is 0 Å². The number of carboxylic acid groups (broad SMARTS) is 1. The van der Waals surface area contributed by atoms with Gasteiger partial charge in [-0.3, -0.25) is 4.79 Å². The van der Waals surface area contributed by atoms with Gasteiger partial charge < -0.3 is 10.2 Å². The van der Waals surface area contributed by atoms with Crippen molar-refractivity contribution >= 4 is 5.97 Å². The summed E-state index contributed by atoms with van der Waals surface area (Å²) in [6.45, 7) is 5.48. The molecule has 0 spiro atoms. The number of carboxylic acids is 1. The Bertz CT molecular complexity index is 141. The highest BCUT2D eigenvalue weighted by Gasteiger charge is 2.26. The quantitative estimate of drug-likeness (QED) is 0.664. The Kier molecular flexibility index (Phi) is 4.90. The van der Waals surface area contributed by atoms with E-state index in [2.05, 4.69) is 0 Å². The molecule has 0 aromatic carbocycles. The summed E-state index contributed by atoms with van der Waals surface area (Å²) >= 11 is 0. The molecule has 2 unspecified atom stereocenters. The van der Waals surface area contributed by atoms with Crippen molar-refractivity contribution in [3.8, 4) is 0 Å². The second-order valence-corrected chi connectivity index (χ2v) is 3.19. The first kappa shape index (κ1) is 11.4. The Balaban J connectivity index is 4.14. The Hall–Kier alpha value is -0.570. The number of aliphatic hydroxyl groups excluding tert-OH is 1. The predicted octanol–water partition coefficient (Wildman–Crippen LogP) is 1.50. The highest BCUT2D eigenvalue weighted by molar-refractivity contribution is 5.70. The third-order valence-electron chi connectivity index (χ3n) is 2.43. The molecule has 0 fully saturated rings. The number of hydrogen-bond acceptors (Lipinski definition) is 2. The van der Waals surface area contributed by atoms with Crippen LogP contribution in [-0.2, 0) is 4.79 Å². The SMILES string of the molecule is CCC(CC)C(O)C(C)C(=O)O. The molecule has 0 aliphatic carbocycles. The fourth-order valence-corrected chi connectivity index (χ4v) is 1.33. The monoisotopic (exact) mass is 174 g/mol. The van der Waals surface area contributed by atoms with Crippen LogP contribution in [0.15, 0.2) is 0 Å². The zero-order valence-corrected chi connectivity index (χ0v) is 7.95. The summed E-state index contributed by atoms with van der Waals surface area (Å²) in [5.41, 5.74) is 0. The first-order valence-corrected chi connectivity index (χ1v) is 4.45. The molecule has 2 N–H and O–H groups in total. The van der Waals surface area contributed by atoms with Gasteiger partial charge in [0.05, 0.1) is 12.0 Å². The van der Waals surface area contributed by atoms with E-state index in [0.29, 0.717) is 0 Å². The lowest BCUT2D eigenvalue weighted by atomic mass is 9.88. The molecule has 72 valence electrons. The topological polar surface area (TPSA) is 57.5 Å². The lowest BCUT2D eigenvalue weighted by molar-refractivity contribution is -0.146. The molecule has 0 aliphatic rings. The summed E-state index contributed by atoms with van der Waals surface area (Å²) in [5.74, 6) is -1.47. The van der Waals surface area contributed by atoms with Crippen LogP contribution in [0.3, 0.4) is 0 Å². The number of hydrogen-bond donors (Lipinski definition) is 2. The van der Waals surface area contributed by atoms with Crippen molar-refractivity contribution in [2.45, 2.75) is 39.7 Å². The zero-order chi connectivity index (χ0) is 9.72. The van der Waals surface area contributed by atoms with Crippen LogP contribution in [0.1, 0.15) is 33.6 Å². The van der Waals surface area contributed by atoms with E-state index in [1.165, 1.54) is 0 Å². The van der Waals surface area contributed by atoms with Crippen molar-refractivity contribution in [1.82, 2.24) is 0 Å². The standard InChI is InChI=1S/C9H18O3/c1-4-7(5-2)8(10)6(3)9(11)12/h6-8,10H,4-5H2,1-3H3,(H,11,12). The summed E-state index contributed by atoms with van der Waals surface area (Å²) < 4.78 is 0. The van der Waals surface area contributed by atoms with Gasteiger partial charge in [0.25, 0.3) is 0 Å². The second-order valence-electron chi connectivity index (χ2n) is 3.19. The molecule has 0 aromatic heterocycles. The Morgan fingerprint density at radius 1 is 1.33 bits per heavy atom. The van der Waals surface area contributed by atoms with Gasteiger partial charge in [-0.15, -0.1) is 0 Å². The predicted molar refractivity (Wildman–Crippen MR) is 46.9 cm³/mol. The molecule has 0 heterocycles. The van der Waals surface area contributed by atoms with Crippen LogP contribution < -0.4 is 0 Å². The Morgan fingerprint density at radius 2 is 1.75 bits per heavy atom. The number of aliphatic carboxylic acids is 1. The van der Waals surface area contributed by atoms with Gasteiger partial charge in [-0.1, -0.05) is 26.7 Å². The van der Waals surface area contributed by atoms with Crippen LogP contribution in [0.5, 0.6) is 0 Å². The van der Waals surface area contributed by atoms with Crippen molar-refractivity contribution in [2.24, 2.45) is 11.8 Å². The molecule has 0 amide bonds. The molecule has 3 heteroatoms. The molecule has 0 saturated heterocycles. The first-order chi connectivity index (χ1) is 5.54. The van der Waals surface area contributed by atoms with Gasteiger partial charge in [0.2, 0.25) is 0 Å². The summed E-state index contributed by atoms with van der Waals surface area (Å²) in [4.78, 5) is 10.5. The van der Waals surface area contributed by atoms with Gasteiger partial charge in [0.1, 0.15) is 0 Å². The van der Waals surface area contributed by atoms with E-state index < -0.39 is 18.0 Å². The number of carbonyl (C=O) groups is 1. The molecule has 0 rings (SSSR count). The molecular weight excluding hydrogens is 156 g/mol. The van der Waals surface area contributed by atoms with Crippen molar-refractivity contribution in [2.75, 3.05) is 0 Å². The van der Waals surface area contributed by atoms with E-state index in [1.54, 1.807) is 6.92 Å². The van der Waals surface area contributed by atoms with Crippen molar-refractivity contribution < 1.29 is 15.0 Å². The number of rotatable bonds is 5. The fraction of sp³-hybridized carbons (Fsp3) is 0.889. The summed E-state index contributed by atoms with van der Waals surface area (Å²) in [5, 5.41) is 18.2. The van der Waals surface area contributed by atoms with Gasteiger partial charge in [0, 0.05) is 0 Å². The minimum atomic E-state index is -0.922. The number of aliphatic hydroxyl groups is 1. The first-order valence-electron chi connectivity index (χ1n) is 4.45. The van der Waals surface area contributed by atoms with Crippen LogP contribution in [0, 0.1) is 11.8 Å². The molecular formula is C9H18O3. The average molecular weight is 174 g/mol. The molecule has 0 saturated carbocycles. The smallest absolute Gasteiger partial charge is 0.308 e. The molecule has 12 heavy (non-hydrogen) atoms. The lowest BCUT2D eigenvalue weighted by Crippen LogP contribution is -2.31. The third-order valence-corrected chi connectivity index (χ3v) is 2.43. The van der Waals surface area contributed by atoms with Gasteiger partial charge in [0.15, 0.2) is 0 Å². The third kappa shape index (κ3) is 2.81. The maximum absolute atomic E-state index is 10.5. The fourth-order valence-electron chi connectivity index (χ4n) is 1.33. The minimum Gasteiger partial charge on any atom is -0.481 e. The molecule has 3 nitrogen and oxygen atoms in total. The van der Waals surface area contributed by atoms with Crippen molar-refractivity contribution in [3.63, 3.8) is 0 Å². The molecule has 0 bridgehead atoms. The van der Waals surface area contributed by atoms with E-state index in [1.807, 2.05) is 13.8 Å². The Labute approximate surface area is 73.4 Å². The largest absolute Gasteiger partial charge is 0.481 e. The summed E-state index contributed by atoms with van der Waals surface area (Å²) in [6.07, 6.45) is 0.947. The van der Waals surface area contributed by atoms with Gasteiger partial charge in [-0.25, -0.2) is 0 Å². The van der Waals surface area contributed by atoms with Crippen LogP contribution >= 0.6 is 0 Å². The zero-order valence-electron chi connectivity index (χ0n) is 7.95. The van der Waals surface area contributed by atoms with Gasteiger partial charge >= 0.3 is 5.97 Å². The summed E-state index contributed by atoms with van der Waals surface area (Å²) in [6, 6.07) is 0. The van der Waals surface area contributed by atoms with Gasteiger partial charge in [-0.05, 0) is 12.8 Å². The van der Waals surface area contributed by atoms with E-state index in [4.69, 9.17) is 5.11 Å². The highest BCUT2D eigenvalue weighted by Crippen LogP contribution is 2.19. The normalized spacial score (nSPS) is 16.1. The minimum absolute atomic E-state index is 0.107. The van der Waals surface area contributed by atoms with E-state index in [-0.39, 0.29) is 5.92 Å². The highest BCUT2D eigenvalue weighted by atomic mass is 16.4. The summed E-state index contributed by atoms with van der Waals surface area (Å²) in [7, 11) is 0. The van der Waals surface area contributed by atoms with E-state index in [9.17, 15) is 9.90 Å². The van der Waals surface area contributed by atoms with Crippen molar-refractivity contribution in [1.29, 1.82) is 0 Å². The van der Waals surface area contributed by atoms with E-state index in [0.717, 1.165) is 12.8 Å². The average Bonchev–Trinajstić information content (AvgIpc) is 2.05. The maximum atomic E-state index is 10.5. The molecule has 2 atom stereocenters. The lowest BCUT2D eigenvalue weighted by Gasteiger charge is -2.23. The van der Waals surface area contributed by atoms with Crippen molar-refractivity contribution in [3.05, 3.63) is 0 Å². The second kappa shape index (κ2) is 5.14. The maximum Gasteiger partial charge on any atom is 0.308 e. The van der Waals surface area contributed by atoms with Crippen LogP contribution in [-0.4, -0.2) is 22.3 Å². The molecule has 0 aliphatic heterocycles. The Morgan fingerprint density at radius 3 is 2.00 bits per heavy atom. The van der Waals surface area contributed by atoms with Crippen LogP contribution in [0.25, 0.3) is 0 Å².